The lowest BCUT2D eigenvalue weighted by Gasteiger charge is -2.41. The van der Waals surface area contributed by atoms with Gasteiger partial charge >= 0.3 is 6.01 Å². The van der Waals surface area contributed by atoms with Gasteiger partial charge in [-0.15, -0.1) is 0 Å². The van der Waals surface area contributed by atoms with Crippen molar-refractivity contribution in [2.24, 2.45) is 0 Å². The molecule has 0 bridgehead atoms. The molecule has 7 nitrogen and oxygen atoms in total. The normalized spacial score (nSPS) is 18.9. The number of ether oxygens (including phenoxy) is 2. The van der Waals surface area contributed by atoms with E-state index in [0.717, 1.165) is 37.2 Å². The van der Waals surface area contributed by atoms with Gasteiger partial charge in [0, 0.05) is 11.5 Å². The predicted molar refractivity (Wildman–Crippen MR) is 111 cm³/mol. The molecule has 2 aromatic heterocycles. The Morgan fingerprint density at radius 1 is 1.14 bits per heavy atom. The Hall–Kier alpha value is -2.22. The smallest absolute Gasteiger partial charge is 0.319 e. The highest BCUT2D eigenvalue weighted by molar-refractivity contribution is 6.29. The number of aryl methyl sites for hydroxylation is 1. The van der Waals surface area contributed by atoms with Crippen molar-refractivity contribution in [1.82, 2.24) is 24.6 Å². The van der Waals surface area contributed by atoms with E-state index in [-0.39, 0.29) is 6.01 Å². The molecule has 29 heavy (non-hydrogen) atoms. The maximum Gasteiger partial charge on any atom is 0.319 e. The molecule has 1 aromatic carbocycles. The zero-order valence-electron chi connectivity index (χ0n) is 16.6. The Morgan fingerprint density at radius 2 is 1.93 bits per heavy atom. The van der Waals surface area contributed by atoms with Crippen LogP contribution in [0.4, 0.5) is 0 Å². The van der Waals surface area contributed by atoms with Crippen molar-refractivity contribution in [3.05, 3.63) is 40.7 Å². The number of likely N-dealkylation sites (tertiary alicyclic amines) is 1. The molecule has 5 rings (SSSR count). The minimum atomic E-state index is 0.232. The highest BCUT2D eigenvalue weighted by atomic mass is 35.5. The molecule has 2 aliphatic rings. The second kappa shape index (κ2) is 7.55. The van der Waals surface area contributed by atoms with Gasteiger partial charge in [-0.2, -0.15) is 15.1 Å². The van der Waals surface area contributed by atoms with Crippen LogP contribution in [-0.2, 0) is 4.74 Å². The average Bonchev–Trinajstić information content (AvgIpc) is 3.09. The summed E-state index contributed by atoms with van der Waals surface area (Å²) in [6.07, 6.45) is 4.21. The number of halogens is 1. The minimum Gasteiger partial charge on any atom is -0.467 e. The first kappa shape index (κ1) is 18.8. The molecule has 0 atom stereocenters. The van der Waals surface area contributed by atoms with Gasteiger partial charge < -0.3 is 9.47 Å². The molecule has 0 saturated carbocycles. The summed E-state index contributed by atoms with van der Waals surface area (Å²) in [4.78, 5) is 11.1. The molecule has 3 aromatic rings. The first-order valence-corrected chi connectivity index (χ1v) is 10.4. The van der Waals surface area contributed by atoms with Gasteiger partial charge in [-0.1, -0.05) is 11.6 Å². The molecule has 2 fully saturated rings. The van der Waals surface area contributed by atoms with Gasteiger partial charge in [0.15, 0.2) is 5.82 Å². The molecule has 0 N–H and O–H groups in total. The summed E-state index contributed by atoms with van der Waals surface area (Å²) >= 11 is 6.15. The Kier molecular flexibility index (Phi) is 4.89. The van der Waals surface area contributed by atoms with Crippen LogP contribution in [0.5, 0.6) is 6.01 Å². The second-order valence-electron chi connectivity index (χ2n) is 7.86. The van der Waals surface area contributed by atoms with E-state index in [1.54, 1.807) is 6.07 Å². The van der Waals surface area contributed by atoms with Crippen LogP contribution in [0.3, 0.4) is 0 Å². The fourth-order valence-electron chi connectivity index (χ4n) is 4.42. The lowest BCUT2D eigenvalue weighted by molar-refractivity contribution is -0.0712. The van der Waals surface area contributed by atoms with Crippen LogP contribution in [0.2, 0.25) is 5.15 Å². The lowest BCUT2D eigenvalue weighted by atomic mass is 9.85. The zero-order chi connectivity index (χ0) is 20.0. The Labute approximate surface area is 174 Å². The van der Waals surface area contributed by atoms with Gasteiger partial charge in [-0.25, -0.2) is 4.68 Å². The van der Waals surface area contributed by atoms with Crippen LogP contribution in [0.25, 0.3) is 16.7 Å². The Morgan fingerprint density at radius 3 is 2.62 bits per heavy atom. The number of rotatable bonds is 4. The maximum absolute atomic E-state index is 6.15. The number of hydrogen-bond acceptors (Lipinski definition) is 6. The van der Waals surface area contributed by atoms with Crippen molar-refractivity contribution >= 4 is 22.5 Å². The molecule has 0 aliphatic carbocycles. The molecule has 0 radical (unpaired) electrons. The largest absolute Gasteiger partial charge is 0.467 e. The topological polar surface area (TPSA) is 65.3 Å². The summed E-state index contributed by atoms with van der Waals surface area (Å²) in [6, 6.07) is 7.05. The average molecular weight is 414 g/mol. The Balaban J connectivity index is 1.47. The van der Waals surface area contributed by atoms with Crippen molar-refractivity contribution in [3.63, 3.8) is 0 Å². The maximum atomic E-state index is 6.15. The number of nitrogens with zero attached hydrogens (tertiary/aromatic N) is 5. The molecule has 0 spiro atoms. The molecule has 0 unspecified atom stereocenters. The first-order chi connectivity index (χ1) is 14.1. The van der Waals surface area contributed by atoms with Crippen LogP contribution >= 0.6 is 11.6 Å². The number of hydrogen-bond donors (Lipinski definition) is 0. The number of methoxy groups -OCH3 is 1. The van der Waals surface area contributed by atoms with E-state index in [1.165, 1.54) is 31.1 Å². The van der Waals surface area contributed by atoms with E-state index in [1.807, 2.05) is 10.9 Å². The Bertz CT molecular complexity index is 1040. The number of fused-ring (bicyclic) bond motifs is 1. The molecule has 4 heterocycles. The molecule has 8 heteroatoms. The molecular weight excluding hydrogens is 390 g/mol. The molecule has 2 saturated heterocycles. The first-order valence-electron chi connectivity index (χ1n) is 10.0. The van der Waals surface area contributed by atoms with E-state index in [9.17, 15) is 0 Å². The quantitative estimate of drug-likeness (QED) is 0.611. The summed E-state index contributed by atoms with van der Waals surface area (Å²) in [5, 5.41) is 5.97. The number of benzene rings is 1. The van der Waals surface area contributed by atoms with Crippen LogP contribution in [-0.4, -0.2) is 64.1 Å². The summed E-state index contributed by atoms with van der Waals surface area (Å²) in [5.41, 5.74) is 3.74. The molecule has 152 valence electrons. The van der Waals surface area contributed by atoms with Gasteiger partial charge in [-0.05, 0) is 62.0 Å². The predicted octanol–water partition coefficient (Wildman–Crippen LogP) is 3.36. The number of aromatic nitrogens is 4. The highest BCUT2D eigenvalue weighted by Gasteiger charge is 2.30. The van der Waals surface area contributed by atoms with E-state index in [0.29, 0.717) is 22.9 Å². The van der Waals surface area contributed by atoms with Crippen LogP contribution < -0.4 is 4.74 Å². The van der Waals surface area contributed by atoms with Gasteiger partial charge in [0.25, 0.3) is 0 Å². The second-order valence-corrected chi connectivity index (χ2v) is 8.25. The molecule has 0 amide bonds. The summed E-state index contributed by atoms with van der Waals surface area (Å²) in [5.74, 6) is 1.16. The third kappa shape index (κ3) is 3.47. The van der Waals surface area contributed by atoms with E-state index in [4.69, 9.17) is 21.1 Å². The van der Waals surface area contributed by atoms with Crippen LogP contribution in [0.15, 0.2) is 24.4 Å². The number of piperidine rings is 1. The van der Waals surface area contributed by atoms with E-state index >= 15 is 0 Å². The summed E-state index contributed by atoms with van der Waals surface area (Å²) < 4.78 is 12.3. The van der Waals surface area contributed by atoms with Crippen LogP contribution in [0, 0.1) is 6.92 Å². The van der Waals surface area contributed by atoms with Crippen molar-refractivity contribution in [2.75, 3.05) is 33.4 Å². The van der Waals surface area contributed by atoms with Crippen LogP contribution in [0.1, 0.15) is 29.9 Å². The fraction of sp³-hybridized carbons (Fsp3) is 0.476. The monoisotopic (exact) mass is 413 g/mol. The van der Waals surface area contributed by atoms with Crippen molar-refractivity contribution in [3.8, 4) is 11.8 Å². The highest BCUT2D eigenvalue weighted by Crippen LogP contribution is 2.34. The molecular formula is C21H24ClN5O2. The van der Waals surface area contributed by atoms with Gasteiger partial charge in [-0.3, -0.25) is 4.90 Å². The molecule has 2 aliphatic heterocycles. The SMILES string of the molecule is COc1nc(Cl)cc(-n2ncc3cc(C)c(C4CCN(C5COC5)CC4)cc32)n1. The van der Waals surface area contributed by atoms with Gasteiger partial charge in [0.1, 0.15) is 5.15 Å². The van der Waals surface area contributed by atoms with E-state index in [2.05, 4.69) is 39.0 Å². The van der Waals surface area contributed by atoms with Crippen molar-refractivity contribution < 1.29 is 9.47 Å². The summed E-state index contributed by atoms with van der Waals surface area (Å²) in [6.45, 7) is 6.24. The van der Waals surface area contributed by atoms with Crippen molar-refractivity contribution in [1.29, 1.82) is 0 Å². The third-order valence-electron chi connectivity index (χ3n) is 6.12. The van der Waals surface area contributed by atoms with E-state index < -0.39 is 0 Å². The fourth-order valence-corrected chi connectivity index (χ4v) is 4.59. The standard InChI is InChI=1S/C21H24ClN5O2/c1-13-7-15-10-23-27(20-9-19(22)24-21(25-20)28-2)18(15)8-17(13)14-3-5-26(6-4-14)16-11-29-12-16/h7-10,14,16H,3-6,11-12H2,1-2H3. The lowest BCUT2D eigenvalue weighted by Crippen LogP contribution is -2.51. The van der Waals surface area contributed by atoms with Gasteiger partial charge in [0.2, 0.25) is 0 Å². The zero-order valence-corrected chi connectivity index (χ0v) is 17.4. The van der Waals surface area contributed by atoms with Crippen molar-refractivity contribution in [2.45, 2.75) is 31.7 Å². The minimum absolute atomic E-state index is 0.232. The summed E-state index contributed by atoms with van der Waals surface area (Å²) in [7, 11) is 1.53. The van der Waals surface area contributed by atoms with Gasteiger partial charge in [0.05, 0.1) is 38.1 Å². The third-order valence-corrected chi connectivity index (χ3v) is 6.32.